The van der Waals surface area contributed by atoms with Crippen LogP contribution >= 0.6 is 23.6 Å². The van der Waals surface area contributed by atoms with Crippen molar-refractivity contribution in [2.75, 3.05) is 12.8 Å². The van der Waals surface area contributed by atoms with E-state index < -0.39 is 17.7 Å². The minimum absolute atomic E-state index is 0.259. The molecule has 1 amide bonds. The van der Waals surface area contributed by atoms with Gasteiger partial charge < -0.3 is 9.50 Å². The highest BCUT2D eigenvalue weighted by molar-refractivity contribution is 7.93. The number of amides is 1. The van der Waals surface area contributed by atoms with Gasteiger partial charge in [-0.05, 0) is 67.7 Å². The lowest BCUT2D eigenvalue weighted by Gasteiger charge is -2.22. The van der Waals surface area contributed by atoms with Gasteiger partial charge in [0.05, 0.1) is 11.7 Å². The Morgan fingerprint density at radius 2 is 1.88 bits per heavy atom. The molecule has 0 saturated heterocycles. The summed E-state index contributed by atoms with van der Waals surface area (Å²) in [6.45, 7) is 5.70. The fourth-order valence-electron chi connectivity index (χ4n) is 2.83. The first-order valence-electron chi connectivity index (χ1n) is 8.07. The monoisotopic (exact) mass is 399 g/mol. The molecular formula is C19H20ClF2NO2S. The van der Waals surface area contributed by atoms with E-state index in [-0.39, 0.29) is 17.0 Å². The number of rotatable bonds is 6. The molecule has 2 rings (SSSR count). The molecule has 3 nitrogen and oxygen atoms in total. The highest BCUT2D eigenvalue weighted by atomic mass is 35.5. The SMILES string of the molecule is CCNC(=O)c1c(C)c(Cl)cc(C(C)OSC)c1-c1cc(F)cc(F)c1. The molecule has 1 unspecified atom stereocenters. The zero-order valence-electron chi connectivity index (χ0n) is 15.0. The summed E-state index contributed by atoms with van der Waals surface area (Å²) in [5.74, 6) is -1.80. The molecule has 0 fully saturated rings. The van der Waals surface area contributed by atoms with E-state index in [4.69, 9.17) is 15.8 Å². The van der Waals surface area contributed by atoms with Gasteiger partial charge in [-0.1, -0.05) is 11.6 Å². The van der Waals surface area contributed by atoms with Gasteiger partial charge in [-0.25, -0.2) is 8.78 Å². The van der Waals surface area contributed by atoms with Crippen LogP contribution in [0.15, 0.2) is 24.3 Å². The molecule has 0 saturated carbocycles. The van der Waals surface area contributed by atoms with Crippen LogP contribution in [0, 0.1) is 18.6 Å². The summed E-state index contributed by atoms with van der Waals surface area (Å²) in [5, 5.41) is 3.12. The van der Waals surface area contributed by atoms with E-state index in [1.807, 2.05) is 0 Å². The Bertz CT molecular complexity index is 809. The van der Waals surface area contributed by atoms with Crippen molar-refractivity contribution in [3.05, 3.63) is 57.6 Å². The van der Waals surface area contributed by atoms with Crippen molar-refractivity contribution in [3.8, 4) is 11.1 Å². The van der Waals surface area contributed by atoms with Gasteiger partial charge in [0.15, 0.2) is 0 Å². The standard InChI is InChI=1S/C19H20ClF2NO2S/c1-5-23-19(24)17-10(2)16(20)9-15(11(3)25-26-4)18(17)12-6-13(21)8-14(22)7-12/h6-9,11H,5H2,1-4H3,(H,23,24). The summed E-state index contributed by atoms with van der Waals surface area (Å²) in [5.41, 5.74) is 2.09. The molecule has 1 atom stereocenters. The predicted octanol–water partition coefficient (Wildman–Crippen LogP) is 5.70. The molecule has 140 valence electrons. The number of carbonyl (C=O) groups excluding carboxylic acids is 1. The van der Waals surface area contributed by atoms with Crippen molar-refractivity contribution in [2.45, 2.75) is 26.9 Å². The Labute approximate surface area is 161 Å². The van der Waals surface area contributed by atoms with Crippen LogP contribution in [0.1, 0.15) is 41.4 Å². The van der Waals surface area contributed by atoms with Crippen molar-refractivity contribution in [3.63, 3.8) is 0 Å². The van der Waals surface area contributed by atoms with Gasteiger partial charge in [-0.2, -0.15) is 0 Å². The summed E-state index contributed by atoms with van der Waals surface area (Å²) in [7, 11) is 0. The van der Waals surface area contributed by atoms with E-state index in [1.165, 1.54) is 12.1 Å². The smallest absolute Gasteiger partial charge is 0.252 e. The number of hydrogen-bond acceptors (Lipinski definition) is 3. The lowest BCUT2D eigenvalue weighted by molar-refractivity contribution is 0.0955. The summed E-state index contributed by atoms with van der Waals surface area (Å²) in [6.07, 6.45) is 1.32. The normalized spacial score (nSPS) is 12.1. The maximum atomic E-state index is 13.9. The maximum absolute atomic E-state index is 13.9. The molecule has 0 radical (unpaired) electrons. The van der Waals surface area contributed by atoms with Crippen molar-refractivity contribution >= 4 is 29.6 Å². The first-order valence-corrected chi connectivity index (χ1v) is 9.60. The number of halogens is 3. The summed E-state index contributed by atoms with van der Waals surface area (Å²) in [4.78, 5) is 12.7. The Morgan fingerprint density at radius 1 is 1.27 bits per heavy atom. The van der Waals surface area contributed by atoms with Crippen LogP contribution in [0.5, 0.6) is 0 Å². The highest BCUT2D eigenvalue weighted by Gasteiger charge is 2.25. The first-order chi connectivity index (χ1) is 12.3. The number of hydrogen-bond donors (Lipinski definition) is 1. The fourth-order valence-corrected chi connectivity index (χ4v) is 3.43. The van der Waals surface area contributed by atoms with E-state index in [9.17, 15) is 13.6 Å². The second kappa shape index (κ2) is 8.84. The Hall–Kier alpha value is -1.63. The Morgan fingerprint density at radius 3 is 2.42 bits per heavy atom. The average Bonchev–Trinajstić information content (AvgIpc) is 2.56. The van der Waals surface area contributed by atoms with Gasteiger partial charge in [-0.3, -0.25) is 4.79 Å². The summed E-state index contributed by atoms with van der Waals surface area (Å²) >= 11 is 7.50. The van der Waals surface area contributed by atoms with Crippen LogP contribution in [0.4, 0.5) is 8.78 Å². The molecule has 0 aromatic heterocycles. The van der Waals surface area contributed by atoms with Gasteiger partial charge in [-0.15, -0.1) is 0 Å². The van der Waals surface area contributed by atoms with E-state index in [0.717, 1.165) is 18.1 Å². The molecule has 0 spiro atoms. The molecule has 2 aromatic rings. The summed E-state index contributed by atoms with van der Waals surface area (Å²) < 4.78 is 33.3. The number of nitrogens with one attached hydrogen (secondary N) is 1. The van der Waals surface area contributed by atoms with Gasteiger partial charge in [0.25, 0.3) is 5.91 Å². The van der Waals surface area contributed by atoms with E-state index in [1.54, 1.807) is 33.1 Å². The van der Waals surface area contributed by atoms with Crippen molar-refractivity contribution < 1.29 is 17.8 Å². The van der Waals surface area contributed by atoms with Crippen molar-refractivity contribution in [1.82, 2.24) is 5.32 Å². The largest absolute Gasteiger partial charge is 0.352 e. The minimum atomic E-state index is -0.723. The number of carbonyl (C=O) groups is 1. The molecule has 1 N–H and O–H groups in total. The molecule has 7 heteroatoms. The molecule has 0 aliphatic heterocycles. The van der Waals surface area contributed by atoms with Gasteiger partial charge in [0.1, 0.15) is 11.6 Å². The van der Waals surface area contributed by atoms with Gasteiger partial charge >= 0.3 is 0 Å². The molecule has 0 aliphatic carbocycles. The molecule has 0 aliphatic rings. The second-order valence-electron chi connectivity index (χ2n) is 5.75. The molecule has 0 heterocycles. The van der Waals surface area contributed by atoms with Crippen LogP contribution in [0.25, 0.3) is 11.1 Å². The quantitative estimate of drug-likeness (QED) is 0.633. The third-order valence-electron chi connectivity index (χ3n) is 3.95. The highest BCUT2D eigenvalue weighted by Crippen LogP contribution is 2.39. The fraction of sp³-hybridized carbons (Fsp3) is 0.316. The minimum Gasteiger partial charge on any atom is -0.352 e. The van der Waals surface area contributed by atoms with Crippen LogP contribution in [0.3, 0.4) is 0 Å². The molecular weight excluding hydrogens is 380 g/mol. The zero-order chi connectivity index (χ0) is 19.4. The van der Waals surface area contributed by atoms with Gasteiger partial charge in [0, 0.05) is 29.5 Å². The number of benzene rings is 2. The Kier molecular flexibility index (Phi) is 7.03. The maximum Gasteiger partial charge on any atom is 0.252 e. The first kappa shape index (κ1) is 20.7. The van der Waals surface area contributed by atoms with Crippen LogP contribution < -0.4 is 5.32 Å². The van der Waals surface area contributed by atoms with Crippen LogP contribution in [0.2, 0.25) is 5.02 Å². The third-order valence-corrected chi connectivity index (χ3v) is 4.82. The van der Waals surface area contributed by atoms with Crippen LogP contribution in [-0.4, -0.2) is 18.7 Å². The second-order valence-corrected chi connectivity index (χ2v) is 6.68. The van der Waals surface area contributed by atoms with E-state index in [2.05, 4.69) is 5.32 Å². The van der Waals surface area contributed by atoms with E-state index >= 15 is 0 Å². The van der Waals surface area contributed by atoms with Crippen molar-refractivity contribution in [1.29, 1.82) is 0 Å². The third kappa shape index (κ3) is 4.37. The Balaban J connectivity index is 2.86. The average molecular weight is 400 g/mol. The van der Waals surface area contributed by atoms with E-state index in [0.29, 0.717) is 28.3 Å². The van der Waals surface area contributed by atoms with Crippen LogP contribution in [-0.2, 0) is 4.18 Å². The topological polar surface area (TPSA) is 38.3 Å². The lowest BCUT2D eigenvalue weighted by atomic mass is 9.88. The summed E-state index contributed by atoms with van der Waals surface area (Å²) in [6, 6.07) is 4.87. The predicted molar refractivity (Wildman–Crippen MR) is 103 cm³/mol. The molecule has 26 heavy (non-hydrogen) atoms. The molecule has 0 bridgehead atoms. The lowest BCUT2D eigenvalue weighted by Crippen LogP contribution is -2.25. The molecule has 2 aromatic carbocycles. The van der Waals surface area contributed by atoms with Crippen molar-refractivity contribution in [2.24, 2.45) is 0 Å². The zero-order valence-corrected chi connectivity index (χ0v) is 16.5. The van der Waals surface area contributed by atoms with Gasteiger partial charge in [0.2, 0.25) is 0 Å².